The van der Waals surface area contributed by atoms with Gasteiger partial charge < -0.3 is 15.2 Å². The Morgan fingerprint density at radius 3 is 2.75 bits per heavy atom. The molecular formula is C8H16N4. The van der Waals surface area contributed by atoms with Gasteiger partial charge in [-0.15, -0.1) is 0 Å². The molecule has 0 amide bonds. The number of nitrogens with two attached hydrogens (primary N) is 1. The van der Waals surface area contributed by atoms with Gasteiger partial charge in [0.1, 0.15) is 0 Å². The summed E-state index contributed by atoms with van der Waals surface area (Å²) in [4.78, 5) is 6.32. The number of hydrogen-bond donors (Lipinski definition) is 1. The number of hydrogen-bond acceptors (Lipinski definition) is 3. The molecule has 0 atom stereocenters. The maximum absolute atomic E-state index is 5.44. The molecule has 0 unspecified atom stereocenters. The molecule has 0 aliphatic rings. The van der Waals surface area contributed by atoms with Gasteiger partial charge in [0.15, 0.2) is 0 Å². The second-order valence-electron chi connectivity index (χ2n) is 2.97. The average molecular weight is 168 g/mol. The Bertz CT molecular complexity index is 254. The van der Waals surface area contributed by atoms with Crippen molar-refractivity contribution in [3.8, 4) is 0 Å². The van der Waals surface area contributed by atoms with E-state index >= 15 is 0 Å². The third kappa shape index (κ3) is 1.58. The fourth-order valence-electron chi connectivity index (χ4n) is 1.13. The van der Waals surface area contributed by atoms with Crippen molar-refractivity contribution in [2.75, 3.05) is 25.0 Å². The lowest BCUT2D eigenvalue weighted by Crippen LogP contribution is -2.27. The molecule has 4 nitrogen and oxygen atoms in total. The minimum atomic E-state index is 0.655. The Morgan fingerprint density at radius 1 is 1.67 bits per heavy atom. The number of rotatable bonds is 3. The first-order valence-electron chi connectivity index (χ1n) is 4.06. The molecular weight excluding hydrogens is 152 g/mol. The predicted octanol–water partition coefficient (Wildman–Crippen LogP) is 0.123. The third-order valence-corrected chi connectivity index (χ3v) is 2.00. The topological polar surface area (TPSA) is 47.1 Å². The van der Waals surface area contributed by atoms with Crippen LogP contribution in [0.25, 0.3) is 0 Å². The molecule has 1 aromatic heterocycles. The minimum absolute atomic E-state index is 0.655. The van der Waals surface area contributed by atoms with Gasteiger partial charge in [-0.3, -0.25) is 0 Å². The molecule has 0 spiro atoms. The number of aromatic nitrogens is 2. The Hall–Kier alpha value is -1.03. The SMILES string of the molecule is Cc1cnc(N(C)CCN)n1C. The standard InChI is InChI=1S/C8H16N4/c1-7-6-10-8(12(7)3)11(2)5-4-9/h6H,4-5,9H2,1-3H3. The normalized spacial score (nSPS) is 10.3. The van der Waals surface area contributed by atoms with Gasteiger partial charge in [0.25, 0.3) is 0 Å². The number of aryl methyl sites for hydroxylation is 1. The van der Waals surface area contributed by atoms with Crippen LogP contribution in [0.4, 0.5) is 5.95 Å². The van der Waals surface area contributed by atoms with Crippen LogP contribution in [-0.4, -0.2) is 29.7 Å². The van der Waals surface area contributed by atoms with Crippen LogP contribution < -0.4 is 10.6 Å². The van der Waals surface area contributed by atoms with E-state index in [1.165, 1.54) is 0 Å². The van der Waals surface area contributed by atoms with Gasteiger partial charge >= 0.3 is 0 Å². The van der Waals surface area contributed by atoms with Gasteiger partial charge in [0, 0.05) is 32.9 Å². The summed E-state index contributed by atoms with van der Waals surface area (Å²) >= 11 is 0. The van der Waals surface area contributed by atoms with Gasteiger partial charge in [-0.25, -0.2) is 4.98 Å². The molecule has 1 rings (SSSR count). The second-order valence-corrected chi connectivity index (χ2v) is 2.97. The third-order valence-electron chi connectivity index (χ3n) is 2.00. The molecule has 0 aliphatic heterocycles. The lowest BCUT2D eigenvalue weighted by molar-refractivity contribution is 0.785. The zero-order chi connectivity index (χ0) is 9.14. The van der Waals surface area contributed by atoms with Crippen molar-refractivity contribution < 1.29 is 0 Å². The first kappa shape index (κ1) is 9.06. The van der Waals surface area contributed by atoms with Gasteiger partial charge in [0.2, 0.25) is 5.95 Å². The molecule has 1 heterocycles. The maximum Gasteiger partial charge on any atom is 0.205 e. The average Bonchev–Trinajstić information content (AvgIpc) is 2.34. The van der Waals surface area contributed by atoms with E-state index in [-0.39, 0.29) is 0 Å². The van der Waals surface area contributed by atoms with Crippen molar-refractivity contribution in [1.82, 2.24) is 9.55 Å². The summed E-state index contributed by atoms with van der Waals surface area (Å²) in [6.45, 7) is 3.53. The molecule has 4 heteroatoms. The zero-order valence-electron chi connectivity index (χ0n) is 7.91. The number of nitrogens with zero attached hydrogens (tertiary/aromatic N) is 3. The molecule has 0 radical (unpaired) electrons. The van der Waals surface area contributed by atoms with Crippen LogP contribution in [0.1, 0.15) is 5.69 Å². The number of imidazole rings is 1. The van der Waals surface area contributed by atoms with Crippen molar-refractivity contribution in [2.45, 2.75) is 6.92 Å². The van der Waals surface area contributed by atoms with Crippen LogP contribution >= 0.6 is 0 Å². The summed E-state index contributed by atoms with van der Waals surface area (Å²) in [6, 6.07) is 0. The molecule has 2 N–H and O–H groups in total. The van der Waals surface area contributed by atoms with Crippen molar-refractivity contribution in [2.24, 2.45) is 12.8 Å². The molecule has 0 saturated carbocycles. The summed E-state index contributed by atoms with van der Waals surface area (Å²) in [5, 5.41) is 0. The van der Waals surface area contributed by atoms with Gasteiger partial charge in [-0.1, -0.05) is 0 Å². The van der Waals surface area contributed by atoms with E-state index in [0.717, 1.165) is 18.2 Å². The molecule has 1 aromatic rings. The van der Waals surface area contributed by atoms with Crippen molar-refractivity contribution in [1.29, 1.82) is 0 Å². The summed E-state index contributed by atoms with van der Waals surface area (Å²) < 4.78 is 2.05. The van der Waals surface area contributed by atoms with Crippen LogP contribution in [0.5, 0.6) is 0 Å². The minimum Gasteiger partial charge on any atom is -0.344 e. The molecule has 12 heavy (non-hydrogen) atoms. The van der Waals surface area contributed by atoms with Crippen molar-refractivity contribution in [3.63, 3.8) is 0 Å². The fourth-order valence-corrected chi connectivity index (χ4v) is 1.13. The Labute approximate surface area is 73.0 Å². The monoisotopic (exact) mass is 168 g/mol. The van der Waals surface area contributed by atoms with Crippen LogP contribution in [0, 0.1) is 6.92 Å². The Kier molecular flexibility index (Phi) is 2.70. The van der Waals surface area contributed by atoms with E-state index < -0.39 is 0 Å². The highest BCUT2D eigenvalue weighted by atomic mass is 15.3. The Balaban J connectivity index is 2.80. The number of likely N-dealkylation sites (N-methyl/N-ethyl adjacent to an activating group) is 1. The van der Waals surface area contributed by atoms with Gasteiger partial charge in [0.05, 0.1) is 6.20 Å². The van der Waals surface area contributed by atoms with Crippen LogP contribution in [0.3, 0.4) is 0 Å². The highest BCUT2D eigenvalue weighted by Gasteiger charge is 2.06. The fraction of sp³-hybridized carbons (Fsp3) is 0.625. The molecule has 0 aliphatic carbocycles. The number of anilines is 1. The van der Waals surface area contributed by atoms with E-state index in [0.29, 0.717) is 6.54 Å². The van der Waals surface area contributed by atoms with Crippen molar-refractivity contribution in [3.05, 3.63) is 11.9 Å². The molecule has 68 valence electrons. The summed E-state index contributed by atoms with van der Waals surface area (Å²) in [5.41, 5.74) is 6.61. The maximum atomic E-state index is 5.44. The van der Waals surface area contributed by atoms with Crippen LogP contribution in [-0.2, 0) is 7.05 Å². The largest absolute Gasteiger partial charge is 0.344 e. The quantitative estimate of drug-likeness (QED) is 0.697. The predicted molar refractivity (Wildman–Crippen MR) is 50.3 cm³/mol. The molecule has 0 bridgehead atoms. The van der Waals surface area contributed by atoms with Gasteiger partial charge in [-0.05, 0) is 6.92 Å². The van der Waals surface area contributed by atoms with E-state index in [2.05, 4.69) is 9.55 Å². The summed E-state index contributed by atoms with van der Waals surface area (Å²) in [6.07, 6.45) is 1.86. The molecule has 0 saturated heterocycles. The van der Waals surface area contributed by atoms with E-state index in [4.69, 9.17) is 5.73 Å². The molecule has 0 aromatic carbocycles. The summed E-state index contributed by atoms with van der Waals surface area (Å²) in [7, 11) is 4.00. The highest BCUT2D eigenvalue weighted by Crippen LogP contribution is 2.10. The van der Waals surface area contributed by atoms with Crippen LogP contribution in [0.15, 0.2) is 6.20 Å². The lowest BCUT2D eigenvalue weighted by atomic mass is 10.5. The van der Waals surface area contributed by atoms with Crippen LogP contribution in [0.2, 0.25) is 0 Å². The molecule has 0 fully saturated rings. The van der Waals surface area contributed by atoms with E-state index in [1.807, 2.05) is 32.1 Å². The zero-order valence-corrected chi connectivity index (χ0v) is 7.91. The summed E-state index contributed by atoms with van der Waals surface area (Å²) in [5.74, 6) is 0.970. The Morgan fingerprint density at radius 2 is 2.33 bits per heavy atom. The van der Waals surface area contributed by atoms with Gasteiger partial charge in [-0.2, -0.15) is 0 Å². The van der Waals surface area contributed by atoms with Crippen molar-refractivity contribution >= 4 is 5.95 Å². The van der Waals surface area contributed by atoms with E-state index in [9.17, 15) is 0 Å². The first-order chi connectivity index (χ1) is 5.66. The first-order valence-corrected chi connectivity index (χ1v) is 4.06. The smallest absolute Gasteiger partial charge is 0.205 e. The highest BCUT2D eigenvalue weighted by molar-refractivity contribution is 5.31. The second kappa shape index (κ2) is 3.58. The van der Waals surface area contributed by atoms with E-state index in [1.54, 1.807) is 0 Å². The lowest BCUT2D eigenvalue weighted by Gasteiger charge is -2.17.